The molecule has 0 saturated carbocycles. The highest BCUT2D eigenvalue weighted by Crippen LogP contribution is 2.43. The summed E-state index contributed by atoms with van der Waals surface area (Å²) in [5.41, 5.74) is 5.86. The Morgan fingerprint density at radius 2 is 2.07 bits per heavy atom. The number of aryl methyl sites for hydroxylation is 1. The van der Waals surface area contributed by atoms with Crippen LogP contribution in [0.15, 0.2) is 36.8 Å². The van der Waals surface area contributed by atoms with E-state index >= 15 is 0 Å². The number of hydrazine groups is 1. The molecule has 1 aromatic carbocycles. The average molecular weight is 434 g/mol. The van der Waals surface area contributed by atoms with Gasteiger partial charge in [-0.1, -0.05) is 23.7 Å². The lowest BCUT2D eigenvalue weighted by Gasteiger charge is -2.30. The van der Waals surface area contributed by atoms with Crippen LogP contribution in [0, 0.1) is 6.92 Å². The van der Waals surface area contributed by atoms with Crippen LogP contribution in [-0.4, -0.2) is 54.7 Å². The Morgan fingerprint density at radius 3 is 2.77 bits per heavy atom. The van der Waals surface area contributed by atoms with Gasteiger partial charge in [-0.25, -0.2) is 15.4 Å². The number of anilines is 1. The number of aliphatic hydroxyl groups excluding tert-OH is 2. The van der Waals surface area contributed by atoms with E-state index < -0.39 is 30.1 Å². The summed E-state index contributed by atoms with van der Waals surface area (Å²) in [6.07, 6.45) is -1.42. The molecule has 1 aliphatic heterocycles. The zero-order valence-corrected chi connectivity index (χ0v) is 17.5. The number of nitrogens with one attached hydrogen (secondary N) is 2. The molecule has 30 heavy (non-hydrogen) atoms. The van der Waals surface area contributed by atoms with Crippen molar-refractivity contribution in [3.05, 3.63) is 52.9 Å². The van der Waals surface area contributed by atoms with Gasteiger partial charge < -0.3 is 30.0 Å². The van der Waals surface area contributed by atoms with Gasteiger partial charge in [-0.15, -0.1) is 0 Å². The zero-order valence-electron chi connectivity index (χ0n) is 16.7. The van der Waals surface area contributed by atoms with E-state index in [-0.39, 0.29) is 0 Å². The SMILES string of the molecule is CNNc1ncnc2c1ccn2[C@@H]1O[C@H](C(O)c2ccc(Cl)c(C)c2)[C@@](C)(O)[C@H]1O. The Balaban J connectivity index is 1.69. The van der Waals surface area contributed by atoms with Crippen molar-refractivity contribution in [1.29, 1.82) is 0 Å². The van der Waals surface area contributed by atoms with Gasteiger partial charge in [0.15, 0.2) is 12.0 Å². The largest absolute Gasteiger partial charge is 0.386 e. The molecule has 0 amide bonds. The summed E-state index contributed by atoms with van der Waals surface area (Å²) in [7, 11) is 1.72. The summed E-state index contributed by atoms with van der Waals surface area (Å²) in [5, 5.41) is 34.1. The second-order valence-corrected chi connectivity index (χ2v) is 8.04. The van der Waals surface area contributed by atoms with Gasteiger partial charge in [-0.3, -0.25) is 0 Å². The molecule has 1 saturated heterocycles. The maximum Gasteiger partial charge on any atom is 0.164 e. The zero-order chi connectivity index (χ0) is 21.6. The van der Waals surface area contributed by atoms with Gasteiger partial charge in [-0.05, 0) is 37.1 Å². The summed E-state index contributed by atoms with van der Waals surface area (Å²) < 4.78 is 7.63. The molecular formula is C20H24ClN5O4. The molecule has 5 atom stereocenters. The van der Waals surface area contributed by atoms with Gasteiger partial charge in [0.1, 0.15) is 35.9 Å². The third kappa shape index (κ3) is 3.33. The molecule has 1 fully saturated rings. The number of fused-ring (bicyclic) bond motifs is 1. The smallest absolute Gasteiger partial charge is 0.164 e. The van der Waals surface area contributed by atoms with Crippen molar-refractivity contribution in [3.63, 3.8) is 0 Å². The number of nitrogens with zero attached hydrogens (tertiary/aromatic N) is 3. The molecule has 0 aliphatic carbocycles. The van der Waals surface area contributed by atoms with E-state index in [1.807, 2.05) is 6.92 Å². The van der Waals surface area contributed by atoms with Crippen molar-refractivity contribution in [2.45, 2.75) is 44.0 Å². The quantitative estimate of drug-likeness (QED) is 0.385. The van der Waals surface area contributed by atoms with E-state index in [1.54, 1.807) is 42.1 Å². The normalized spacial score (nSPS) is 27.5. The van der Waals surface area contributed by atoms with Crippen molar-refractivity contribution in [2.75, 3.05) is 12.5 Å². The van der Waals surface area contributed by atoms with E-state index in [0.717, 1.165) is 5.56 Å². The highest BCUT2D eigenvalue weighted by Gasteiger charge is 2.55. The first-order valence-corrected chi connectivity index (χ1v) is 9.87. The average Bonchev–Trinajstić information content (AvgIpc) is 3.24. The summed E-state index contributed by atoms with van der Waals surface area (Å²) in [6.45, 7) is 3.27. The number of rotatable bonds is 5. The van der Waals surface area contributed by atoms with Crippen molar-refractivity contribution in [3.8, 4) is 0 Å². The van der Waals surface area contributed by atoms with Crippen LogP contribution in [0.3, 0.4) is 0 Å². The van der Waals surface area contributed by atoms with Crippen molar-refractivity contribution in [2.24, 2.45) is 0 Å². The van der Waals surface area contributed by atoms with Crippen molar-refractivity contribution in [1.82, 2.24) is 20.0 Å². The van der Waals surface area contributed by atoms with E-state index in [9.17, 15) is 15.3 Å². The molecule has 0 radical (unpaired) electrons. The monoisotopic (exact) mass is 433 g/mol. The van der Waals surface area contributed by atoms with E-state index in [0.29, 0.717) is 27.4 Å². The van der Waals surface area contributed by atoms with Crippen LogP contribution in [0.1, 0.15) is 30.4 Å². The first-order valence-electron chi connectivity index (χ1n) is 9.50. The predicted molar refractivity (Wildman–Crippen MR) is 112 cm³/mol. The molecule has 3 heterocycles. The van der Waals surface area contributed by atoms with E-state index in [1.165, 1.54) is 13.3 Å². The number of benzene rings is 1. The summed E-state index contributed by atoms with van der Waals surface area (Å²) >= 11 is 6.08. The van der Waals surface area contributed by atoms with Crippen molar-refractivity contribution >= 4 is 28.5 Å². The standard InChI is InChI=1S/C20H24ClN5O4/c1-10-8-11(4-5-13(10)21)14(27)16-20(2,29)15(28)19(30-16)26-7-6-12-17(25-22-3)23-9-24-18(12)26/h4-9,14-16,19,22,27-29H,1-3H3,(H,23,24,25)/t14?,15-,16+,19+,20-/m0/s1. The molecule has 0 spiro atoms. The molecule has 9 nitrogen and oxygen atoms in total. The van der Waals surface area contributed by atoms with Crippen LogP contribution < -0.4 is 10.9 Å². The number of aliphatic hydroxyl groups is 3. The number of hydrogen-bond donors (Lipinski definition) is 5. The second-order valence-electron chi connectivity index (χ2n) is 7.63. The van der Waals surface area contributed by atoms with E-state index in [2.05, 4.69) is 20.8 Å². The third-order valence-electron chi connectivity index (χ3n) is 5.57. The molecule has 4 rings (SSSR count). The molecule has 10 heteroatoms. The van der Waals surface area contributed by atoms with Gasteiger partial charge in [-0.2, -0.15) is 0 Å². The Kier molecular flexibility index (Phi) is 5.43. The van der Waals surface area contributed by atoms with Crippen LogP contribution in [0.25, 0.3) is 11.0 Å². The summed E-state index contributed by atoms with van der Waals surface area (Å²) in [6, 6.07) is 6.87. The third-order valence-corrected chi connectivity index (χ3v) is 5.99. The first kappa shape index (κ1) is 21.0. The fraction of sp³-hybridized carbons (Fsp3) is 0.400. The maximum absolute atomic E-state index is 11.0. The Bertz CT molecular complexity index is 1070. The second kappa shape index (κ2) is 7.77. The molecule has 5 N–H and O–H groups in total. The first-order chi connectivity index (χ1) is 14.3. The topological polar surface area (TPSA) is 125 Å². The van der Waals surface area contributed by atoms with Gasteiger partial charge in [0.25, 0.3) is 0 Å². The predicted octanol–water partition coefficient (Wildman–Crippen LogP) is 1.68. The minimum atomic E-state index is -1.71. The van der Waals surface area contributed by atoms with Crippen LogP contribution in [-0.2, 0) is 4.74 Å². The lowest BCUT2D eigenvalue weighted by atomic mass is 9.88. The van der Waals surface area contributed by atoms with Gasteiger partial charge in [0.05, 0.1) is 5.39 Å². The Hall–Kier alpha value is -2.27. The molecule has 2 aromatic heterocycles. The number of hydrogen-bond acceptors (Lipinski definition) is 8. The molecule has 160 valence electrons. The molecule has 3 aromatic rings. The highest BCUT2D eigenvalue weighted by molar-refractivity contribution is 6.31. The Labute approximate surface area is 178 Å². The summed E-state index contributed by atoms with van der Waals surface area (Å²) in [4.78, 5) is 8.48. The fourth-order valence-corrected chi connectivity index (χ4v) is 3.97. The molecule has 1 aliphatic rings. The molecule has 1 unspecified atom stereocenters. The van der Waals surface area contributed by atoms with Gasteiger partial charge in [0.2, 0.25) is 0 Å². The van der Waals surface area contributed by atoms with E-state index in [4.69, 9.17) is 16.3 Å². The lowest BCUT2D eigenvalue weighted by Crippen LogP contribution is -2.47. The lowest BCUT2D eigenvalue weighted by molar-refractivity contribution is -0.115. The number of ether oxygens (including phenoxy) is 1. The van der Waals surface area contributed by atoms with Crippen LogP contribution in [0.5, 0.6) is 0 Å². The van der Waals surface area contributed by atoms with Gasteiger partial charge >= 0.3 is 0 Å². The number of halogens is 1. The van der Waals surface area contributed by atoms with Crippen LogP contribution in [0.2, 0.25) is 5.02 Å². The number of aromatic nitrogens is 3. The highest BCUT2D eigenvalue weighted by atomic mass is 35.5. The molecule has 0 bridgehead atoms. The van der Waals surface area contributed by atoms with Gasteiger partial charge in [0, 0.05) is 18.3 Å². The maximum atomic E-state index is 11.0. The minimum Gasteiger partial charge on any atom is -0.386 e. The summed E-state index contributed by atoms with van der Waals surface area (Å²) in [5.74, 6) is 0.564. The molecular weight excluding hydrogens is 410 g/mol. The Morgan fingerprint density at radius 1 is 1.30 bits per heavy atom. The fourth-order valence-electron chi connectivity index (χ4n) is 3.85. The van der Waals surface area contributed by atoms with Crippen LogP contribution in [0.4, 0.5) is 5.82 Å². The van der Waals surface area contributed by atoms with Crippen molar-refractivity contribution < 1.29 is 20.1 Å². The van der Waals surface area contributed by atoms with Crippen LogP contribution >= 0.6 is 11.6 Å². The minimum absolute atomic E-state index is 0.514.